The van der Waals surface area contributed by atoms with Crippen molar-refractivity contribution in [1.82, 2.24) is 0 Å². The predicted octanol–water partition coefficient (Wildman–Crippen LogP) is 4.82. The van der Waals surface area contributed by atoms with E-state index < -0.39 is 17.6 Å². The van der Waals surface area contributed by atoms with E-state index in [2.05, 4.69) is 0 Å². The summed E-state index contributed by atoms with van der Waals surface area (Å²) in [6, 6.07) is 9.30. The molecule has 0 aliphatic heterocycles. The lowest BCUT2D eigenvalue weighted by Gasteiger charge is -2.09. The van der Waals surface area contributed by atoms with Crippen molar-refractivity contribution in [2.24, 2.45) is 0 Å². The second kappa shape index (κ2) is 4.44. The third kappa shape index (κ3) is 2.37. The molecule has 4 heteroatoms. The van der Waals surface area contributed by atoms with Crippen LogP contribution in [0.1, 0.15) is 11.1 Å². The van der Waals surface area contributed by atoms with Crippen LogP contribution in [-0.4, -0.2) is 0 Å². The van der Waals surface area contributed by atoms with Crippen LogP contribution in [0.2, 0.25) is 0 Å². The molecular weight excluding hydrogens is 244 g/mol. The van der Waals surface area contributed by atoms with Gasteiger partial charge in [0.1, 0.15) is 5.82 Å². The number of hydrogen-bond acceptors (Lipinski definition) is 0. The summed E-state index contributed by atoms with van der Waals surface area (Å²) >= 11 is 0. The van der Waals surface area contributed by atoms with Crippen LogP contribution in [-0.2, 0) is 6.18 Å². The van der Waals surface area contributed by atoms with Crippen LogP contribution in [0, 0.1) is 12.7 Å². The summed E-state index contributed by atoms with van der Waals surface area (Å²) in [7, 11) is 0. The Morgan fingerprint density at radius 2 is 1.50 bits per heavy atom. The molecule has 18 heavy (non-hydrogen) atoms. The first-order valence-electron chi connectivity index (χ1n) is 5.32. The third-order valence-electron chi connectivity index (χ3n) is 2.72. The minimum absolute atomic E-state index is 0.309. The monoisotopic (exact) mass is 254 g/mol. The van der Waals surface area contributed by atoms with Gasteiger partial charge in [0.25, 0.3) is 0 Å². The second-order valence-electron chi connectivity index (χ2n) is 4.01. The lowest BCUT2D eigenvalue weighted by molar-refractivity contribution is -0.137. The Morgan fingerprint density at radius 3 is 2.06 bits per heavy atom. The summed E-state index contributed by atoms with van der Waals surface area (Å²) in [6.07, 6.45) is -4.37. The molecule has 0 nitrogen and oxygen atoms in total. The molecule has 0 atom stereocenters. The number of aryl methyl sites for hydroxylation is 1. The minimum Gasteiger partial charge on any atom is -0.206 e. The van der Waals surface area contributed by atoms with Gasteiger partial charge in [0.15, 0.2) is 0 Å². The molecule has 0 bridgehead atoms. The first-order chi connectivity index (χ1) is 8.39. The Bertz CT molecular complexity index is 553. The van der Waals surface area contributed by atoms with E-state index in [1.165, 1.54) is 12.1 Å². The van der Waals surface area contributed by atoms with E-state index in [0.29, 0.717) is 16.7 Å². The topological polar surface area (TPSA) is 0 Å². The van der Waals surface area contributed by atoms with Crippen molar-refractivity contribution < 1.29 is 17.6 Å². The average Bonchev–Trinajstić information content (AvgIpc) is 2.32. The van der Waals surface area contributed by atoms with Gasteiger partial charge in [-0.25, -0.2) is 4.39 Å². The predicted molar refractivity (Wildman–Crippen MR) is 61.6 cm³/mol. The van der Waals surface area contributed by atoms with Crippen LogP contribution in [0.25, 0.3) is 11.1 Å². The molecular formula is C14H10F4. The normalized spacial score (nSPS) is 11.6. The fraction of sp³-hybridized carbons (Fsp3) is 0.143. The lowest BCUT2D eigenvalue weighted by Crippen LogP contribution is -2.04. The highest BCUT2D eigenvalue weighted by Gasteiger charge is 2.30. The molecule has 2 aromatic carbocycles. The molecule has 0 spiro atoms. The summed E-state index contributed by atoms with van der Waals surface area (Å²) in [5.74, 6) is -0.405. The standard InChI is InChI=1S/C14H10F4/c1-9-3-2-4-12(13(9)15)10-5-7-11(8-6-10)14(16,17)18/h2-8H,1H3. The van der Waals surface area contributed by atoms with E-state index in [4.69, 9.17) is 0 Å². The lowest BCUT2D eigenvalue weighted by atomic mass is 10.0. The molecule has 0 N–H and O–H groups in total. The zero-order chi connectivity index (χ0) is 13.3. The maximum Gasteiger partial charge on any atom is 0.416 e. The zero-order valence-corrected chi connectivity index (χ0v) is 9.55. The highest BCUT2D eigenvalue weighted by atomic mass is 19.4. The van der Waals surface area contributed by atoms with Crippen molar-refractivity contribution in [1.29, 1.82) is 0 Å². The Balaban J connectivity index is 2.44. The van der Waals surface area contributed by atoms with Crippen LogP contribution >= 0.6 is 0 Å². The van der Waals surface area contributed by atoms with Crippen LogP contribution < -0.4 is 0 Å². The summed E-state index contributed by atoms with van der Waals surface area (Å²) < 4.78 is 51.0. The quantitative estimate of drug-likeness (QED) is 0.640. The molecule has 0 aliphatic carbocycles. The molecule has 0 amide bonds. The molecule has 0 aromatic heterocycles. The van der Waals surface area contributed by atoms with Crippen LogP contribution in [0.5, 0.6) is 0 Å². The van der Waals surface area contributed by atoms with Crippen molar-refractivity contribution in [2.45, 2.75) is 13.1 Å². The molecule has 2 aromatic rings. The SMILES string of the molecule is Cc1cccc(-c2ccc(C(F)(F)F)cc2)c1F. The van der Waals surface area contributed by atoms with E-state index in [0.717, 1.165) is 12.1 Å². The van der Waals surface area contributed by atoms with Gasteiger partial charge in [0.2, 0.25) is 0 Å². The second-order valence-corrected chi connectivity index (χ2v) is 4.01. The molecule has 0 aliphatic rings. The van der Waals surface area contributed by atoms with E-state index in [1.807, 2.05) is 0 Å². The Kier molecular flexibility index (Phi) is 3.11. The number of halogens is 4. The molecule has 0 radical (unpaired) electrons. The molecule has 0 heterocycles. The molecule has 0 saturated carbocycles. The summed E-state index contributed by atoms with van der Waals surface area (Å²) in [5.41, 5.74) is 0.472. The molecule has 94 valence electrons. The van der Waals surface area contributed by atoms with Gasteiger partial charge in [-0.15, -0.1) is 0 Å². The largest absolute Gasteiger partial charge is 0.416 e. The summed E-state index contributed by atoms with van der Waals surface area (Å²) in [4.78, 5) is 0. The van der Waals surface area contributed by atoms with E-state index >= 15 is 0 Å². The Morgan fingerprint density at radius 1 is 0.889 bits per heavy atom. The molecule has 2 rings (SSSR count). The van der Waals surface area contributed by atoms with Gasteiger partial charge in [0.05, 0.1) is 5.56 Å². The van der Waals surface area contributed by atoms with Gasteiger partial charge in [-0.2, -0.15) is 13.2 Å². The zero-order valence-electron chi connectivity index (χ0n) is 9.55. The fourth-order valence-electron chi connectivity index (χ4n) is 1.71. The van der Waals surface area contributed by atoms with Gasteiger partial charge in [-0.3, -0.25) is 0 Å². The average molecular weight is 254 g/mol. The number of benzene rings is 2. The summed E-state index contributed by atoms with van der Waals surface area (Å²) in [5, 5.41) is 0. The van der Waals surface area contributed by atoms with Crippen LogP contribution in [0.3, 0.4) is 0 Å². The third-order valence-corrected chi connectivity index (χ3v) is 2.72. The summed E-state index contributed by atoms with van der Waals surface area (Å²) in [6.45, 7) is 1.61. The molecule has 0 fully saturated rings. The smallest absolute Gasteiger partial charge is 0.206 e. The number of rotatable bonds is 1. The number of hydrogen-bond donors (Lipinski definition) is 0. The van der Waals surface area contributed by atoms with Crippen molar-refractivity contribution in [2.75, 3.05) is 0 Å². The molecule has 0 saturated heterocycles. The van der Waals surface area contributed by atoms with E-state index in [9.17, 15) is 17.6 Å². The van der Waals surface area contributed by atoms with Crippen LogP contribution in [0.4, 0.5) is 17.6 Å². The minimum atomic E-state index is -4.37. The Hall–Kier alpha value is -1.84. The Labute approximate surface area is 102 Å². The van der Waals surface area contributed by atoms with E-state index in [-0.39, 0.29) is 0 Å². The van der Waals surface area contributed by atoms with Gasteiger partial charge in [-0.05, 0) is 30.2 Å². The van der Waals surface area contributed by atoms with Gasteiger partial charge in [0, 0.05) is 5.56 Å². The van der Waals surface area contributed by atoms with Gasteiger partial charge >= 0.3 is 6.18 Å². The maximum absolute atomic E-state index is 13.8. The van der Waals surface area contributed by atoms with Gasteiger partial charge < -0.3 is 0 Å². The van der Waals surface area contributed by atoms with Gasteiger partial charge in [-0.1, -0.05) is 30.3 Å². The van der Waals surface area contributed by atoms with Crippen molar-refractivity contribution in [3.8, 4) is 11.1 Å². The highest BCUT2D eigenvalue weighted by molar-refractivity contribution is 5.65. The van der Waals surface area contributed by atoms with Crippen LogP contribution in [0.15, 0.2) is 42.5 Å². The molecule has 0 unspecified atom stereocenters. The highest BCUT2D eigenvalue weighted by Crippen LogP contribution is 2.31. The van der Waals surface area contributed by atoms with Crippen molar-refractivity contribution >= 4 is 0 Å². The maximum atomic E-state index is 13.8. The first kappa shape index (κ1) is 12.6. The first-order valence-corrected chi connectivity index (χ1v) is 5.32. The number of alkyl halides is 3. The fourth-order valence-corrected chi connectivity index (χ4v) is 1.71. The van der Waals surface area contributed by atoms with Crippen molar-refractivity contribution in [3.05, 3.63) is 59.4 Å². The van der Waals surface area contributed by atoms with E-state index in [1.54, 1.807) is 25.1 Å². The van der Waals surface area contributed by atoms with Crippen molar-refractivity contribution in [3.63, 3.8) is 0 Å².